The molecule has 0 aromatic heterocycles. The van der Waals surface area contributed by atoms with E-state index < -0.39 is 0 Å². The van der Waals surface area contributed by atoms with Gasteiger partial charge >= 0.3 is 6.03 Å². The molecule has 1 aromatic carbocycles. The highest BCUT2D eigenvalue weighted by molar-refractivity contribution is 5.94. The van der Waals surface area contributed by atoms with Crippen molar-refractivity contribution in [2.24, 2.45) is 5.41 Å². The molecular formula is C15H22N2O2. The second-order valence-electron chi connectivity index (χ2n) is 6.19. The van der Waals surface area contributed by atoms with Crippen LogP contribution in [0, 0.1) is 12.3 Å². The Bertz CT molecular complexity index is 478. The molecule has 4 nitrogen and oxygen atoms in total. The third-order valence-corrected chi connectivity index (χ3v) is 2.99. The lowest BCUT2D eigenvalue weighted by molar-refractivity contribution is 0.235. The van der Waals surface area contributed by atoms with E-state index >= 15 is 0 Å². The van der Waals surface area contributed by atoms with Crippen LogP contribution in [0.3, 0.4) is 0 Å². The maximum absolute atomic E-state index is 12.3. The predicted octanol–water partition coefficient (Wildman–Crippen LogP) is 2.95. The van der Waals surface area contributed by atoms with Crippen LogP contribution in [0.1, 0.15) is 26.3 Å². The number of carbonyl (C=O) groups excluding carboxylic acids is 1. The van der Waals surface area contributed by atoms with E-state index in [0.29, 0.717) is 19.7 Å². The first kappa shape index (κ1) is 13.7. The highest BCUT2D eigenvalue weighted by Crippen LogP contribution is 2.32. The minimum atomic E-state index is -0.0509. The SMILES string of the molecule is Cc1ccc2c(c1)N(C(=O)NCC(C)(C)C)CCO2. The van der Waals surface area contributed by atoms with Gasteiger partial charge in [-0.1, -0.05) is 26.8 Å². The summed E-state index contributed by atoms with van der Waals surface area (Å²) in [4.78, 5) is 14.0. The number of nitrogens with one attached hydrogen (secondary N) is 1. The van der Waals surface area contributed by atoms with Gasteiger partial charge in [0, 0.05) is 6.54 Å². The summed E-state index contributed by atoms with van der Waals surface area (Å²) in [6, 6.07) is 5.86. The molecule has 104 valence electrons. The van der Waals surface area contributed by atoms with Crippen molar-refractivity contribution in [2.45, 2.75) is 27.7 Å². The van der Waals surface area contributed by atoms with E-state index in [-0.39, 0.29) is 11.4 Å². The Kier molecular flexibility index (Phi) is 3.69. The van der Waals surface area contributed by atoms with Crippen molar-refractivity contribution < 1.29 is 9.53 Å². The number of aryl methyl sites for hydroxylation is 1. The van der Waals surface area contributed by atoms with Crippen LogP contribution in [0.4, 0.5) is 10.5 Å². The van der Waals surface area contributed by atoms with Crippen molar-refractivity contribution in [3.05, 3.63) is 23.8 Å². The lowest BCUT2D eigenvalue weighted by Crippen LogP contribution is -2.46. The van der Waals surface area contributed by atoms with Gasteiger partial charge in [-0.2, -0.15) is 0 Å². The number of rotatable bonds is 1. The summed E-state index contributed by atoms with van der Waals surface area (Å²) in [6.45, 7) is 10.1. The number of fused-ring (bicyclic) bond motifs is 1. The average Bonchev–Trinajstić information content (AvgIpc) is 2.34. The molecular weight excluding hydrogens is 240 g/mol. The van der Waals surface area contributed by atoms with Gasteiger partial charge in [-0.05, 0) is 30.0 Å². The molecule has 1 aliphatic heterocycles. The minimum absolute atomic E-state index is 0.0509. The standard InChI is InChI=1S/C15H22N2O2/c1-11-5-6-13-12(9-11)17(7-8-19-13)14(18)16-10-15(2,3)4/h5-6,9H,7-8,10H2,1-4H3,(H,16,18). The maximum atomic E-state index is 12.3. The van der Waals surface area contributed by atoms with E-state index in [9.17, 15) is 4.79 Å². The van der Waals surface area contributed by atoms with Gasteiger partial charge in [-0.3, -0.25) is 4.90 Å². The van der Waals surface area contributed by atoms with E-state index in [0.717, 1.165) is 17.0 Å². The molecule has 2 amide bonds. The quantitative estimate of drug-likeness (QED) is 0.845. The Hall–Kier alpha value is -1.71. The van der Waals surface area contributed by atoms with Crippen LogP contribution >= 0.6 is 0 Å². The Balaban J connectivity index is 2.14. The molecule has 0 saturated heterocycles. The van der Waals surface area contributed by atoms with Gasteiger partial charge in [-0.25, -0.2) is 4.79 Å². The second kappa shape index (κ2) is 5.11. The van der Waals surface area contributed by atoms with Gasteiger partial charge in [0.15, 0.2) is 0 Å². The Morgan fingerprint density at radius 3 is 2.84 bits per heavy atom. The molecule has 0 radical (unpaired) electrons. The van der Waals surface area contributed by atoms with E-state index in [1.54, 1.807) is 4.90 Å². The summed E-state index contributed by atoms with van der Waals surface area (Å²) in [6.07, 6.45) is 0. The Morgan fingerprint density at radius 1 is 1.42 bits per heavy atom. The average molecular weight is 262 g/mol. The first-order valence-electron chi connectivity index (χ1n) is 6.66. The lowest BCUT2D eigenvalue weighted by Gasteiger charge is -2.31. The van der Waals surface area contributed by atoms with Crippen molar-refractivity contribution >= 4 is 11.7 Å². The number of anilines is 1. The zero-order valence-electron chi connectivity index (χ0n) is 12.1. The molecule has 1 N–H and O–H groups in total. The van der Waals surface area contributed by atoms with Crippen molar-refractivity contribution in [1.82, 2.24) is 5.32 Å². The number of carbonyl (C=O) groups is 1. The summed E-state index contributed by atoms with van der Waals surface area (Å²) in [5.41, 5.74) is 2.06. The molecule has 0 unspecified atom stereocenters. The van der Waals surface area contributed by atoms with Gasteiger partial charge in [0.1, 0.15) is 12.4 Å². The molecule has 19 heavy (non-hydrogen) atoms. The summed E-state index contributed by atoms with van der Waals surface area (Å²) >= 11 is 0. The third kappa shape index (κ3) is 3.40. The number of urea groups is 1. The first-order chi connectivity index (χ1) is 8.87. The highest BCUT2D eigenvalue weighted by atomic mass is 16.5. The fourth-order valence-electron chi connectivity index (χ4n) is 1.97. The van der Waals surface area contributed by atoms with Crippen molar-refractivity contribution in [3.8, 4) is 5.75 Å². The van der Waals surface area contributed by atoms with E-state index in [1.165, 1.54) is 0 Å². The van der Waals surface area contributed by atoms with Crippen LogP contribution in [-0.2, 0) is 0 Å². The van der Waals surface area contributed by atoms with E-state index in [1.807, 2.05) is 25.1 Å². The maximum Gasteiger partial charge on any atom is 0.322 e. The monoisotopic (exact) mass is 262 g/mol. The van der Waals surface area contributed by atoms with Gasteiger partial charge in [-0.15, -0.1) is 0 Å². The van der Waals surface area contributed by atoms with Gasteiger partial charge in [0.05, 0.1) is 12.2 Å². The lowest BCUT2D eigenvalue weighted by atomic mass is 9.97. The normalized spacial score (nSPS) is 14.6. The van der Waals surface area contributed by atoms with Crippen molar-refractivity contribution in [1.29, 1.82) is 0 Å². The molecule has 0 spiro atoms. The highest BCUT2D eigenvalue weighted by Gasteiger charge is 2.24. The van der Waals surface area contributed by atoms with Crippen LogP contribution in [-0.4, -0.2) is 25.7 Å². The second-order valence-corrected chi connectivity index (χ2v) is 6.19. The topological polar surface area (TPSA) is 41.6 Å². The van der Waals surface area contributed by atoms with Crippen LogP contribution in [0.25, 0.3) is 0 Å². The van der Waals surface area contributed by atoms with Crippen LogP contribution in [0.5, 0.6) is 5.75 Å². The summed E-state index contributed by atoms with van der Waals surface area (Å²) in [5, 5.41) is 2.98. The minimum Gasteiger partial charge on any atom is -0.490 e. The third-order valence-electron chi connectivity index (χ3n) is 2.99. The summed E-state index contributed by atoms with van der Waals surface area (Å²) in [7, 11) is 0. The molecule has 1 aromatic rings. The molecule has 1 aliphatic rings. The van der Waals surface area contributed by atoms with Gasteiger partial charge in [0.25, 0.3) is 0 Å². The first-order valence-corrected chi connectivity index (χ1v) is 6.66. The number of amides is 2. The number of nitrogens with zero attached hydrogens (tertiary/aromatic N) is 1. The van der Waals surface area contributed by atoms with Crippen LogP contribution < -0.4 is 15.0 Å². The number of hydrogen-bond acceptors (Lipinski definition) is 2. The van der Waals surface area contributed by atoms with Crippen LogP contribution in [0.2, 0.25) is 0 Å². The van der Waals surface area contributed by atoms with Crippen molar-refractivity contribution in [3.63, 3.8) is 0 Å². The molecule has 2 rings (SSSR count). The van der Waals surface area contributed by atoms with E-state index in [2.05, 4.69) is 26.1 Å². The van der Waals surface area contributed by atoms with Crippen LogP contribution in [0.15, 0.2) is 18.2 Å². The zero-order valence-corrected chi connectivity index (χ0v) is 12.1. The van der Waals surface area contributed by atoms with Gasteiger partial charge in [0.2, 0.25) is 0 Å². The van der Waals surface area contributed by atoms with Gasteiger partial charge < -0.3 is 10.1 Å². The Labute approximate surface area is 114 Å². The molecule has 4 heteroatoms. The fourth-order valence-corrected chi connectivity index (χ4v) is 1.97. The zero-order chi connectivity index (χ0) is 14.0. The fraction of sp³-hybridized carbons (Fsp3) is 0.533. The molecule has 0 fully saturated rings. The largest absolute Gasteiger partial charge is 0.490 e. The number of benzene rings is 1. The summed E-state index contributed by atoms with van der Waals surface area (Å²) in [5.74, 6) is 0.780. The molecule has 0 atom stereocenters. The number of ether oxygens (including phenoxy) is 1. The molecule has 0 bridgehead atoms. The van der Waals surface area contributed by atoms with E-state index in [4.69, 9.17) is 4.74 Å². The van der Waals surface area contributed by atoms with Crippen molar-refractivity contribution in [2.75, 3.05) is 24.6 Å². The molecule has 0 saturated carbocycles. The summed E-state index contributed by atoms with van der Waals surface area (Å²) < 4.78 is 5.58. The molecule has 0 aliphatic carbocycles. The number of hydrogen-bond donors (Lipinski definition) is 1. The smallest absolute Gasteiger partial charge is 0.322 e. The Morgan fingerprint density at radius 2 is 2.16 bits per heavy atom. The predicted molar refractivity (Wildman–Crippen MR) is 76.9 cm³/mol. The molecule has 1 heterocycles.